The van der Waals surface area contributed by atoms with Crippen LogP contribution >= 0.6 is 11.8 Å². The SMILES string of the molecule is CC(=O)NC[C@H]1CN(c2ccc(N3Cc4cn(CCN5CCSCC5)nc4C3)c(F)c2)C(=O)O1. The van der Waals surface area contributed by atoms with Gasteiger partial charge in [-0.05, 0) is 18.2 Å². The molecule has 9 nitrogen and oxygen atoms in total. The number of ether oxygens (including phenoxy) is 1. The minimum absolute atomic E-state index is 0.190. The number of thioether (sulfide) groups is 1. The van der Waals surface area contributed by atoms with Crippen LogP contribution in [0.4, 0.5) is 20.6 Å². The number of hydrogen-bond acceptors (Lipinski definition) is 7. The van der Waals surface area contributed by atoms with E-state index < -0.39 is 18.0 Å². The minimum Gasteiger partial charge on any atom is -0.442 e. The fourth-order valence-corrected chi connectivity index (χ4v) is 5.56. The van der Waals surface area contributed by atoms with Crippen LogP contribution in [0.25, 0.3) is 0 Å². The van der Waals surface area contributed by atoms with Crippen LogP contribution in [-0.4, -0.2) is 77.0 Å². The van der Waals surface area contributed by atoms with Crippen LogP contribution < -0.4 is 15.1 Å². The maximum Gasteiger partial charge on any atom is 0.414 e. The van der Waals surface area contributed by atoms with Crippen molar-refractivity contribution in [3.63, 3.8) is 0 Å². The highest BCUT2D eigenvalue weighted by molar-refractivity contribution is 7.99. The van der Waals surface area contributed by atoms with E-state index in [-0.39, 0.29) is 19.0 Å². The number of nitrogens with zero attached hydrogens (tertiary/aromatic N) is 5. The number of cyclic esters (lactones) is 1. The highest BCUT2D eigenvalue weighted by Gasteiger charge is 2.33. The molecule has 0 bridgehead atoms. The average Bonchev–Trinajstić information content (AvgIpc) is 3.50. The molecule has 0 radical (unpaired) electrons. The van der Waals surface area contributed by atoms with Crippen molar-refractivity contribution in [2.75, 3.05) is 54.0 Å². The molecule has 0 unspecified atom stereocenters. The van der Waals surface area contributed by atoms with Crippen molar-refractivity contribution in [3.05, 3.63) is 41.5 Å². The Hall–Kier alpha value is -2.79. The van der Waals surface area contributed by atoms with Gasteiger partial charge in [-0.25, -0.2) is 9.18 Å². The number of hydrogen-bond donors (Lipinski definition) is 1. The molecule has 2 amide bonds. The molecule has 2 fully saturated rings. The van der Waals surface area contributed by atoms with Gasteiger partial charge in [0.1, 0.15) is 11.9 Å². The molecule has 182 valence electrons. The second-order valence-electron chi connectivity index (χ2n) is 8.86. The first-order valence-corrected chi connectivity index (χ1v) is 12.7. The Balaban J connectivity index is 1.19. The number of fused-ring (bicyclic) bond motifs is 1. The van der Waals surface area contributed by atoms with Gasteiger partial charge < -0.3 is 15.0 Å². The standard InChI is InChI=1S/C23H29FN6O3S/c1-16(31)25-11-19-14-30(23(32)33-19)18-2-3-22(20(24)10-18)28-12-17-13-29(26-21(17)15-28)5-4-27-6-8-34-9-7-27/h2-3,10,13,19H,4-9,11-12,14-15H2,1H3,(H,25,31)/t19-/m0/s1. The lowest BCUT2D eigenvalue weighted by molar-refractivity contribution is -0.119. The van der Waals surface area contributed by atoms with E-state index in [1.165, 1.54) is 29.4 Å². The molecule has 1 N–H and O–H groups in total. The molecule has 11 heteroatoms. The summed E-state index contributed by atoms with van der Waals surface area (Å²) in [5, 5.41) is 7.37. The van der Waals surface area contributed by atoms with Crippen molar-refractivity contribution < 1.29 is 18.7 Å². The molecule has 5 rings (SSSR count). The summed E-state index contributed by atoms with van der Waals surface area (Å²) < 4.78 is 22.3. The van der Waals surface area contributed by atoms with Crippen molar-refractivity contribution in [2.45, 2.75) is 32.7 Å². The highest BCUT2D eigenvalue weighted by Crippen LogP contribution is 2.32. The number of carbonyl (C=O) groups excluding carboxylic acids is 2. The maximum atomic E-state index is 15.1. The largest absolute Gasteiger partial charge is 0.442 e. The van der Waals surface area contributed by atoms with Crippen molar-refractivity contribution in [2.24, 2.45) is 0 Å². The van der Waals surface area contributed by atoms with E-state index in [0.717, 1.165) is 37.4 Å². The molecule has 1 aromatic carbocycles. The van der Waals surface area contributed by atoms with Gasteiger partial charge in [0.15, 0.2) is 0 Å². The van der Waals surface area contributed by atoms with Gasteiger partial charge in [0.25, 0.3) is 0 Å². The molecule has 34 heavy (non-hydrogen) atoms. The van der Waals surface area contributed by atoms with E-state index in [1.807, 2.05) is 21.3 Å². The maximum absolute atomic E-state index is 15.1. The monoisotopic (exact) mass is 488 g/mol. The van der Waals surface area contributed by atoms with E-state index in [2.05, 4.69) is 16.4 Å². The van der Waals surface area contributed by atoms with E-state index in [0.29, 0.717) is 24.5 Å². The van der Waals surface area contributed by atoms with Crippen molar-refractivity contribution in [3.8, 4) is 0 Å². The van der Waals surface area contributed by atoms with E-state index >= 15 is 4.39 Å². The number of nitrogens with one attached hydrogen (secondary N) is 1. The number of anilines is 2. The number of rotatable bonds is 7. The van der Waals surface area contributed by atoms with Gasteiger partial charge in [-0.3, -0.25) is 19.3 Å². The van der Waals surface area contributed by atoms with Crippen LogP contribution in [-0.2, 0) is 29.2 Å². The van der Waals surface area contributed by atoms with Gasteiger partial charge in [0.05, 0.1) is 43.2 Å². The minimum atomic E-state index is -0.541. The van der Waals surface area contributed by atoms with Crippen LogP contribution in [0.5, 0.6) is 0 Å². The summed E-state index contributed by atoms with van der Waals surface area (Å²) in [6, 6.07) is 4.80. The van der Waals surface area contributed by atoms with Crippen LogP contribution in [0, 0.1) is 5.82 Å². The van der Waals surface area contributed by atoms with Crippen LogP contribution in [0.1, 0.15) is 18.2 Å². The van der Waals surface area contributed by atoms with Crippen molar-refractivity contribution in [1.29, 1.82) is 0 Å². The van der Waals surface area contributed by atoms with Crippen LogP contribution in [0.3, 0.4) is 0 Å². The Morgan fingerprint density at radius 3 is 2.82 bits per heavy atom. The number of carbonyl (C=O) groups is 2. The zero-order valence-electron chi connectivity index (χ0n) is 19.2. The quantitative estimate of drug-likeness (QED) is 0.639. The zero-order chi connectivity index (χ0) is 23.7. The topological polar surface area (TPSA) is 82.9 Å². The molecule has 3 aliphatic heterocycles. The molecular formula is C23H29FN6O3S. The summed E-state index contributed by atoms with van der Waals surface area (Å²) in [6.45, 7) is 7.22. The number of halogens is 1. The Kier molecular flexibility index (Phi) is 6.64. The number of amides is 2. The Bertz CT molecular complexity index is 1050. The summed E-state index contributed by atoms with van der Waals surface area (Å²) in [7, 11) is 0. The van der Waals surface area contributed by atoms with Gasteiger partial charge in [0, 0.05) is 56.4 Å². The predicted molar refractivity (Wildman–Crippen MR) is 129 cm³/mol. The van der Waals surface area contributed by atoms with Crippen molar-refractivity contribution in [1.82, 2.24) is 20.0 Å². The second kappa shape index (κ2) is 9.83. The lowest BCUT2D eigenvalue weighted by Crippen LogP contribution is -2.35. The average molecular weight is 489 g/mol. The molecule has 1 atom stereocenters. The molecular weight excluding hydrogens is 459 g/mol. The normalized spacial score (nSPS) is 20.5. The van der Waals surface area contributed by atoms with E-state index in [4.69, 9.17) is 9.84 Å². The van der Waals surface area contributed by atoms with E-state index in [9.17, 15) is 9.59 Å². The third-order valence-corrected chi connectivity index (χ3v) is 7.35. The Labute approximate surface area is 202 Å². The molecule has 0 spiro atoms. The molecule has 2 aromatic rings. The summed E-state index contributed by atoms with van der Waals surface area (Å²) in [5.74, 6) is 1.82. The van der Waals surface area contributed by atoms with Crippen molar-refractivity contribution >= 4 is 35.1 Å². The molecule has 0 aliphatic carbocycles. The van der Waals surface area contributed by atoms with Crippen LogP contribution in [0.2, 0.25) is 0 Å². The molecule has 0 saturated carbocycles. The summed E-state index contributed by atoms with van der Waals surface area (Å²) in [6.07, 6.45) is 1.08. The summed E-state index contributed by atoms with van der Waals surface area (Å²) >= 11 is 2.01. The summed E-state index contributed by atoms with van der Waals surface area (Å²) in [4.78, 5) is 29.2. The lowest BCUT2D eigenvalue weighted by Gasteiger charge is -2.26. The predicted octanol–water partition coefficient (Wildman–Crippen LogP) is 2.05. The van der Waals surface area contributed by atoms with Gasteiger partial charge in [-0.1, -0.05) is 0 Å². The Morgan fingerprint density at radius 1 is 1.26 bits per heavy atom. The van der Waals surface area contributed by atoms with Gasteiger partial charge in [-0.2, -0.15) is 16.9 Å². The third-order valence-electron chi connectivity index (χ3n) is 6.41. The number of aromatic nitrogens is 2. The van der Waals surface area contributed by atoms with E-state index in [1.54, 1.807) is 12.1 Å². The highest BCUT2D eigenvalue weighted by atomic mass is 32.2. The van der Waals surface area contributed by atoms with Crippen LogP contribution in [0.15, 0.2) is 24.4 Å². The molecule has 2 saturated heterocycles. The number of benzene rings is 1. The first-order valence-electron chi connectivity index (χ1n) is 11.6. The fourth-order valence-electron chi connectivity index (χ4n) is 4.58. The molecule has 1 aromatic heterocycles. The zero-order valence-corrected chi connectivity index (χ0v) is 20.0. The smallest absolute Gasteiger partial charge is 0.414 e. The van der Waals surface area contributed by atoms with Gasteiger partial charge in [-0.15, -0.1) is 0 Å². The molecule has 4 heterocycles. The summed E-state index contributed by atoms with van der Waals surface area (Å²) in [5.41, 5.74) is 3.04. The molecule has 3 aliphatic rings. The van der Waals surface area contributed by atoms with Gasteiger partial charge >= 0.3 is 6.09 Å². The lowest BCUT2D eigenvalue weighted by atomic mass is 10.2. The second-order valence-corrected chi connectivity index (χ2v) is 10.1. The third kappa shape index (κ3) is 5.00. The fraction of sp³-hybridized carbons (Fsp3) is 0.522. The van der Waals surface area contributed by atoms with Gasteiger partial charge in [0.2, 0.25) is 5.91 Å². The Morgan fingerprint density at radius 2 is 2.09 bits per heavy atom. The first kappa shape index (κ1) is 23.0. The first-order chi connectivity index (χ1) is 16.5.